The molecule has 2 N–H and O–H groups in total. The number of phenols is 1. The van der Waals surface area contributed by atoms with Crippen LogP contribution in [0.2, 0.25) is 5.02 Å². The topological polar surface area (TPSA) is 35.5 Å². The summed E-state index contributed by atoms with van der Waals surface area (Å²) in [5.41, 5.74) is 0.980. The van der Waals surface area contributed by atoms with Crippen LogP contribution in [-0.2, 0) is 0 Å². The maximum atomic E-state index is 9.42. The van der Waals surface area contributed by atoms with Crippen LogP contribution in [0.15, 0.2) is 18.2 Å². The molecule has 1 aliphatic heterocycles. The first-order chi connectivity index (χ1) is 9.10. The van der Waals surface area contributed by atoms with E-state index in [1.165, 1.54) is 25.9 Å². The molecule has 0 bridgehead atoms. The van der Waals surface area contributed by atoms with Crippen molar-refractivity contribution in [3.05, 3.63) is 23.2 Å². The molecule has 1 unspecified atom stereocenters. The Morgan fingerprint density at radius 2 is 2.11 bits per heavy atom. The number of piperidine rings is 1. The summed E-state index contributed by atoms with van der Waals surface area (Å²) >= 11 is 5.92. The first-order valence-corrected chi connectivity index (χ1v) is 7.45. The van der Waals surface area contributed by atoms with Crippen molar-refractivity contribution in [1.29, 1.82) is 0 Å². The van der Waals surface area contributed by atoms with Gasteiger partial charge in [-0.3, -0.25) is 0 Å². The van der Waals surface area contributed by atoms with E-state index < -0.39 is 0 Å². The van der Waals surface area contributed by atoms with Crippen molar-refractivity contribution < 1.29 is 5.11 Å². The minimum absolute atomic E-state index is 0.135. The van der Waals surface area contributed by atoms with Gasteiger partial charge in [0.2, 0.25) is 0 Å². The van der Waals surface area contributed by atoms with Crippen molar-refractivity contribution in [2.45, 2.75) is 32.7 Å². The van der Waals surface area contributed by atoms with Crippen LogP contribution in [0.5, 0.6) is 5.75 Å². The first kappa shape index (κ1) is 14.5. The average Bonchev–Trinajstić information content (AvgIpc) is 2.43. The fourth-order valence-electron chi connectivity index (χ4n) is 2.75. The standard InChI is InChI=1S/C15H23ClN2O/c1-3-18-8-6-12(7-9-18)11(2)17-13-4-5-15(19)14(16)10-13/h4-5,10-12,17,19H,3,6-9H2,1-2H3. The largest absolute Gasteiger partial charge is 0.506 e. The molecule has 2 rings (SSSR count). The summed E-state index contributed by atoms with van der Waals surface area (Å²) in [5, 5.41) is 13.3. The number of nitrogens with one attached hydrogen (secondary N) is 1. The second-order valence-electron chi connectivity index (χ2n) is 5.37. The van der Waals surface area contributed by atoms with Crippen LogP contribution in [0.1, 0.15) is 26.7 Å². The summed E-state index contributed by atoms with van der Waals surface area (Å²) in [7, 11) is 0. The number of halogens is 1. The smallest absolute Gasteiger partial charge is 0.134 e. The fraction of sp³-hybridized carbons (Fsp3) is 0.600. The minimum atomic E-state index is 0.135. The van der Waals surface area contributed by atoms with Crippen molar-refractivity contribution >= 4 is 17.3 Å². The molecule has 0 radical (unpaired) electrons. The number of benzene rings is 1. The zero-order valence-electron chi connectivity index (χ0n) is 11.7. The van der Waals surface area contributed by atoms with Gasteiger partial charge in [-0.1, -0.05) is 18.5 Å². The average molecular weight is 283 g/mol. The summed E-state index contributed by atoms with van der Waals surface area (Å²) in [6.45, 7) is 8.00. The van der Waals surface area contributed by atoms with E-state index in [2.05, 4.69) is 24.1 Å². The Balaban J connectivity index is 1.90. The van der Waals surface area contributed by atoms with Crippen LogP contribution in [0, 0.1) is 5.92 Å². The number of phenolic OH excluding ortho intramolecular Hbond substituents is 1. The van der Waals surface area contributed by atoms with Crippen LogP contribution < -0.4 is 5.32 Å². The fourth-order valence-corrected chi connectivity index (χ4v) is 2.93. The van der Waals surface area contributed by atoms with Gasteiger partial charge in [-0.25, -0.2) is 0 Å². The lowest BCUT2D eigenvalue weighted by atomic mass is 9.90. The molecule has 0 amide bonds. The molecule has 1 heterocycles. The van der Waals surface area contributed by atoms with Gasteiger partial charge >= 0.3 is 0 Å². The first-order valence-electron chi connectivity index (χ1n) is 7.07. The summed E-state index contributed by atoms with van der Waals surface area (Å²) in [4.78, 5) is 2.50. The third kappa shape index (κ3) is 3.77. The molecule has 3 nitrogen and oxygen atoms in total. The van der Waals surface area contributed by atoms with Crippen molar-refractivity contribution in [3.63, 3.8) is 0 Å². The Morgan fingerprint density at radius 1 is 1.42 bits per heavy atom. The van der Waals surface area contributed by atoms with E-state index in [0.717, 1.165) is 12.2 Å². The second kappa shape index (κ2) is 6.49. The molecular formula is C15H23ClN2O. The van der Waals surface area contributed by atoms with Gasteiger partial charge < -0.3 is 15.3 Å². The molecule has 0 saturated carbocycles. The number of hydrogen-bond donors (Lipinski definition) is 2. The lowest BCUT2D eigenvalue weighted by molar-refractivity contribution is 0.183. The number of likely N-dealkylation sites (tertiary alicyclic amines) is 1. The molecule has 1 aromatic carbocycles. The maximum Gasteiger partial charge on any atom is 0.134 e. The second-order valence-corrected chi connectivity index (χ2v) is 5.78. The van der Waals surface area contributed by atoms with E-state index in [9.17, 15) is 5.11 Å². The Bertz CT molecular complexity index is 417. The minimum Gasteiger partial charge on any atom is -0.506 e. The summed E-state index contributed by atoms with van der Waals surface area (Å²) < 4.78 is 0. The van der Waals surface area contributed by atoms with E-state index >= 15 is 0 Å². The van der Waals surface area contributed by atoms with Gasteiger partial charge in [0.05, 0.1) is 5.02 Å². The molecule has 1 saturated heterocycles. The Kier molecular flexibility index (Phi) is 4.94. The van der Waals surface area contributed by atoms with Gasteiger partial charge in [-0.05, 0) is 63.5 Å². The van der Waals surface area contributed by atoms with Crippen LogP contribution in [0.4, 0.5) is 5.69 Å². The predicted molar refractivity (Wildman–Crippen MR) is 81.0 cm³/mol. The van der Waals surface area contributed by atoms with Crippen LogP contribution in [0.25, 0.3) is 0 Å². The summed E-state index contributed by atoms with van der Waals surface area (Å²) in [5.74, 6) is 0.839. The maximum absolute atomic E-state index is 9.42. The van der Waals surface area contributed by atoms with Crippen LogP contribution >= 0.6 is 11.6 Å². The summed E-state index contributed by atoms with van der Waals surface area (Å²) in [6, 6.07) is 5.73. The van der Waals surface area contributed by atoms with Gasteiger partial charge in [0.15, 0.2) is 0 Å². The number of nitrogens with zero attached hydrogens (tertiary/aromatic N) is 1. The molecule has 19 heavy (non-hydrogen) atoms. The predicted octanol–water partition coefficient (Wildman–Crippen LogP) is 3.58. The summed E-state index contributed by atoms with van der Waals surface area (Å²) in [6.07, 6.45) is 2.49. The number of hydrogen-bond acceptors (Lipinski definition) is 3. The highest BCUT2D eigenvalue weighted by molar-refractivity contribution is 6.32. The van der Waals surface area contributed by atoms with Gasteiger partial charge in [-0.15, -0.1) is 0 Å². The quantitative estimate of drug-likeness (QED) is 0.829. The highest BCUT2D eigenvalue weighted by atomic mass is 35.5. The molecule has 0 aliphatic carbocycles. The lowest BCUT2D eigenvalue weighted by Gasteiger charge is -2.34. The normalized spacial score (nSPS) is 19.3. The van der Waals surface area contributed by atoms with E-state index in [4.69, 9.17) is 11.6 Å². The monoisotopic (exact) mass is 282 g/mol. The molecule has 0 spiro atoms. The number of anilines is 1. The molecule has 1 atom stereocenters. The molecule has 4 heteroatoms. The molecule has 1 fully saturated rings. The van der Waals surface area contributed by atoms with Crippen molar-refractivity contribution in [2.24, 2.45) is 5.92 Å². The van der Waals surface area contributed by atoms with Gasteiger partial charge in [0.25, 0.3) is 0 Å². The van der Waals surface area contributed by atoms with E-state index in [0.29, 0.717) is 17.0 Å². The van der Waals surface area contributed by atoms with Gasteiger partial charge in [0.1, 0.15) is 5.75 Å². The molecule has 106 valence electrons. The van der Waals surface area contributed by atoms with E-state index in [-0.39, 0.29) is 5.75 Å². The van der Waals surface area contributed by atoms with Crippen LogP contribution in [0.3, 0.4) is 0 Å². The Morgan fingerprint density at radius 3 is 2.68 bits per heavy atom. The zero-order chi connectivity index (χ0) is 13.8. The zero-order valence-corrected chi connectivity index (χ0v) is 12.5. The molecule has 1 aliphatic rings. The van der Waals surface area contributed by atoms with E-state index in [1.54, 1.807) is 12.1 Å². The number of rotatable bonds is 4. The molecule has 1 aromatic rings. The van der Waals surface area contributed by atoms with Gasteiger partial charge in [0, 0.05) is 11.7 Å². The van der Waals surface area contributed by atoms with Crippen molar-refractivity contribution in [1.82, 2.24) is 4.90 Å². The highest BCUT2D eigenvalue weighted by Gasteiger charge is 2.23. The Labute approximate surface area is 120 Å². The van der Waals surface area contributed by atoms with Gasteiger partial charge in [-0.2, -0.15) is 0 Å². The third-order valence-corrected chi connectivity index (χ3v) is 4.43. The third-order valence-electron chi connectivity index (χ3n) is 4.13. The lowest BCUT2D eigenvalue weighted by Crippen LogP contribution is -2.39. The SMILES string of the molecule is CCN1CCC(C(C)Nc2ccc(O)c(Cl)c2)CC1. The molecule has 0 aromatic heterocycles. The highest BCUT2D eigenvalue weighted by Crippen LogP contribution is 2.28. The number of aromatic hydroxyl groups is 1. The van der Waals surface area contributed by atoms with Crippen molar-refractivity contribution in [3.8, 4) is 5.75 Å². The Hall–Kier alpha value is -0.930. The van der Waals surface area contributed by atoms with E-state index in [1.807, 2.05) is 6.07 Å². The van der Waals surface area contributed by atoms with Crippen LogP contribution in [-0.4, -0.2) is 35.7 Å². The molecular weight excluding hydrogens is 260 g/mol. The van der Waals surface area contributed by atoms with Crippen molar-refractivity contribution in [2.75, 3.05) is 25.0 Å².